The van der Waals surface area contributed by atoms with Crippen LogP contribution in [0, 0.1) is 5.92 Å². The lowest BCUT2D eigenvalue weighted by atomic mass is 9.85. The van der Waals surface area contributed by atoms with Crippen LogP contribution in [-0.4, -0.2) is 65.7 Å². The van der Waals surface area contributed by atoms with Crippen LogP contribution in [0.5, 0.6) is 0 Å². The number of aryl methyl sites for hydroxylation is 1. The lowest BCUT2D eigenvalue weighted by Crippen LogP contribution is -2.49. The number of amides is 3. The van der Waals surface area contributed by atoms with Gasteiger partial charge in [-0.3, -0.25) is 15.0 Å². The molecule has 8 heteroatoms. The van der Waals surface area contributed by atoms with E-state index < -0.39 is 0 Å². The van der Waals surface area contributed by atoms with Crippen LogP contribution < -0.4 is 15.5 Å². The molecular weight excluding hydrogens is 404 g/mol. The second-order valence-corrected chi connectivity index (χ2v) is 9.46. The summed E-state index contributed by atoms with van der Waals surface area (Å²) in [5, 5.41) is 6.97. The van der Waals surface area contributed by atoms with Gasteiger partial charge in [0, 0.05) is 63.3 Å². The number of fused-ring (bicyclic) bond motifs is 1. The van der Waals surface area contributed by atoms with Gasteiger partial charge >= 0.3 is 6.03 Å². The number of aromatic nitrogens is 2. The predicted molar refractivity (Wildman–Crippen MR) is 125 cm³/mol. The van der Waals surface area contributed by atoms with E-state index in [1.165, 1.54) is 50.9 Å². The first-order valence-corrected chi connectivity index (χ1v) is 12.2. The molecule has 2 saturated heterocycles. The maximum Gasteiger partial charge on any atom is 0.328 e. The molecule has 4 heterocycles. The molecule has 1 aliphatic carbocycles. The highest BCUT2D eigenvalue weighted by molar-refractivity contribution is 6.06. The second kappa shape index (κ2) is 9.19. The van der Waals surface area contributed by atoms with Crippen LogP contribution in [0.3, 0.4) is 0 Å². The molecule has 1 saturated carbocycles. The maximum absolute atomic E-state index is 12.3. The standard InChI is InChI=1S/C24H34N6O2/c1-2-18-16-30(19-5-3-17(4-6-19)15-28-11-8-25-9-12-28)23-21(18)13-20(14-26-23)29-10-7-22(31)27-24(29)32/h13-14,16-17,19,25H,2-12,15H2,1H3,(H,27,31,32). The zero-order valence-electron chi connectivity index (χ0n) is 19.0. The van der Waals surface area contributed by atoms with Crippen LogP contribution >= 0.6 is 0 Å². The number of hydrogen-bond acceptors (Lipinski definition) is 5. The van der Waals surface area contributed by atoms with Crippen molar-refractivity contribution in [3.63, 3.8) is 0 Å². The van der Waals surface area contributed by atoms with Gasteiger partial charge in [0.25, 0.3) is 0 Å². The summed E-state index contributed by atoms with van der Waals surface area (Å²) in [7, 11) is 0. The van der Waals surface area contributed by atoms with E-state index in [0.29, 0.717) is 19.0 Å². The third kappa shape index (κ3) is 4.26. The van der Waals surface area contributed by atoms with E-state index in [4.69, 9.17) is 4.98 Å². The molecule has 2 N–H and O–H groups in total. The summed E-state index contributed by atoms with van der Waals surface area (Å²) >= 11 is 0. The summed E-state index contributed by atoms with van der Waals surface area (Å²) in [5.41, 5.74) is 3.05. The van der Waals surface area contributed by atoms with E-state index in [1.807, 2.05) is 0 Å². The minimum Gasteiger partial charge on any atom is -0.329 e. The van der Waals surface area contributed by atoms with Crippen LogP contribution in [0.1, 0.15) is 50.6 Å². The largest absolute Gasteiger partial charge is 0.329 e. The Hall–Kier alpha value is -2.45. The van der Waals surface area contributed by atoms with Gasteiger partial charge < -0.3 is 14.8 Å². The van der Waals surface area contributed by atoms with Gasteiger partial charge in [-0.2, -0.15) is 0 Å². The molecule has 2 aromatic heterocycles. The number of rotatable bonds is 5. The Balaban J connectivity index is 1.31. The monoisotopic (exact) mass is 438 g/mol. The SMILES string of the molecule is CCc1cn(C2CCC(CN3CCNCC3)CC2)c2ncc(N3CCC(=O)NC3=O)cc12. The maximum atomic E-state index is 12.3. The van der Waals surface area contributed by atoms with E-state index in [-0.39, 0.29) is 11.9 Å². The Kier molecular flexibility index (Phi) is 6.15. The number of nitrogens with one attached hydrogen (secondary N) is 2. The van der Waals surface area contributed by atoms with Crippen molar-refractivity contribution >= 4 is 28.7 Å². The Morgan fingerprint density at radius 2 is 1.88 bits per heavy atom. The summed E-state index contributed by atoms with van der Waals surface area (Å²) in [6.45, 7) is 8.40. The van der Waals surface area contributed by atoms with E-state index in [2.05, 4.69) is 39.3 Å². The normalized spacial score (nSPS) is 25.3. The summed E-state index contributed by atoms with van der Waals surface area (Å²) < 4.78 is 2.39. The Morgan fingerprint density at radius 3 is 2.59 bits per heavy atom. The van der Waals surface area contributed by atoms with Crippen molar-refractivity contribution in [1.82, 2.24) is 25.1 Å². The van der Waals surface area contributed by atoms with E-state index in [0.717, 1.165) is 42.1 Å². The van der Waals surface area contributed by atoms with E-state index in [9.17, 15) is 9.59 Å². The van der Waals surface area contributed by atoms with Crippen LogP contribution in [0.2, 0.25) is 0 Å². The van der Waals surface area contributed by atoms with Gasteiger partial charge in [-0.05, 0) is 49.7 Å². The van der Waals surface area contributed by atoms with Crippen LogP contribution in [-0.2, 0) is 11.2 Å². The number of imide groups is 1. The van der Waals surface area contributed by atoms with Crippen molar-refractivity contribution < 1.29 is 9.59 Å². The third-order valence-electron chi connectivity index (χ3n) is 7.42. The smallest absolute Gasteiger partial charge is 0.328 e. The van der Waals surface area contributed by atoms with Gasteiger partial charge in [0.2, 0.25) is 5.91 Å². The molecule has 0 bridgehead atoms. The highest BCUT2D eigenvalue weighted by Crippen LogP contribution is 2.36. The van der Waals surface area contributed by atoms with Gasteiger partial charge in [0.05, 0.1) is 11.9 Å². The topological polar surface area (TPSA) is 82.5 Å². The van der Waals surface area contributed by atoms with Crippen molar-refractivity contribution in [1.29, 1.82) is 0 Å². The van der Waals surface area contributed by atoms with Gasteiger partial charge in [-0.25, -0.2) is 9.78 Å². The molecular formula is C24H34N6O2. The molecule has 172 valence electrons. The Labute approximate surface area is 189 Å². The fourth-order valence-corrected chi connectivity index (χ4v) is 5.57. The summed E-state index contributed by atoms with van der Waals surface area (Å²) in [6, 6.07) is 2.21. The summed E-state index contributed by atoms with van der Waals surface area (Å²) in [6.07, 6.45) is 10.3. The third-order valence-corrected chi connectivity index (χ3v) is 7.42. The number of carbonyl (C=O) groups excluding carboxylic acids is 2. The first-order chi connectivity index (χ1) is 15.6. The quantitative estimate of drug-likeness (QED) is 0.750. The molecule has 32 heavy (non-hydrogen) atoms. The second-order valence-electron chi connectivity index (χ2n) is 9.46. The summed E-state index contributed by atoms with van der Waals surface area (Å²) in [5.74, 6) is 0.588. The highest BCUT2D eigenvalue weighted by Gasteiger charge is 2.28. The van der Waals surface area contributed by atoms with Crippen LogP contribution in [0.15, 0.2) is 18.5 Å². The Bertz CT molecular complexity index is 988. The molecule has 0 spiro atoms. The lowest BCUT2D eigenvalue weighted by molar-refractivity contribution is -0.120. The first kappa shape index (κ1) is 21.4. The molecule has 8 nitrogen and oxygen atoms in total. The molecule has 2 aliphatic heterocycles. The number of nitrogens with zero attached hydrogens (tertiary/aromatic N) is 4. The van der Waals surface area contributed by atoms with Gasteiger partial charge in [-0.15, -0.1) is 0 Å². The van der Waals surface area contributed by atoms with Gasteiger partial charge in [0.15, 0.2) is 0 Å². The molecule has 5 rings (SSSR count). The van der Waals surface area contributed by atoms with E-state index in [1.54, 1.807) is 11.1 Å². The number of anilines is 1. The van der Waals surface area contributed by atoms with Crippen LogP contribution in [0.25, 0.3) is 11.0 Å². The molecule has 0 unspecified atom stereocenters. The zero-order chi connectivity index (χ0) is 22.1. The lowest BCUT2D eigenvalue weighted by Gasteiger charge is -2.35. The van der Waals surface area contributed by atoms with Crippen LogP contribution in [0.4, 0.5) is 10.5 Å². The molecule has 0 aromatic carbocycles. The van der Waals surface area contributed by atoms with Crippen molar-refractivity contribution in [2.75, 3.05) is 44.2 Å². The molecule has 2 aromatic rings. The van der Waals surface area contributed by atoms with Crippen molar-refractivity contribution in [3.05, 3.63) is 24.0 Å². The molecule has 3 aliphatic rings. The molecule has 0 atom stereocenters. The molecule has 3 amide bonds. The highest BCUT2D eigenvalue weighted by atomic mass is 16.2. The van der Waals surface area contributed by atoms with Gasteiger partial charge in [0.1, 0.15) is 5.65 Å². The first-order valence-electron chi connectivity index (χ1n) is 12.2. The molecule has 3 fully saturated rings. The minimum atomic E-state index is -0.359. The minimum absolute atomic E-state index is 0.215. The number of piperazine rings is 1. The summed E-state index contributed by atoms with van der Waals surface area (Å²) in [4.78, 5) is 32.8. The average molecular weight is 439 g/mol. The average Bonchev–Trinajstić information content (AvgIpc) is 3.18. The van der Waals surface area contributed by atoms with E-state index >= 15 is 0 Å². The van der Waals surface area contributed by atoms with Crippen molar-refractivity contribution in [3.8, 4) is 0 Å². The van der Waals surface area contributed by atoms with Crippen molar-refractivity contribution in [2.24, 2.45) is 5.92 Å². The fourth-order valence-electron chi connectivity index (χ4n) is 5.57. The van der Waals surface area contributed by atoms with Crippen molar-refractivity contribution in [2.45, 2.75) is 51.5 Å². The molecule has 0 radical (unpaired) electrons. The fraction of sp³-hybridized carbons (Fsp3) is 0.625. The zero-order valence-corrected chi connectivity index (χ0v) is 19.0. The van der Waals surface area contributed by atoms with Gasteiger partial charge in [-0.1, -0.05) is 6.92 Å². The Morgan fingerprint density at radius 1 is 1.09 bits per heavy atom. The number of pyridine rings is 1. The number of carbonyl (C=O) groups is 2. The number of urea groups is 1. The number of hydrogen-bond donors (Lipinski definition) is 2. The predicted octanol–water partition coefficient (Wildman–Crippen LogP) is 2.68.